The van der Waals surface area contributed by atoms with E-state index in [1.54, 1.807) is 35.5 Å². The number of anilines is 2. The van der Waals surface area contributed by atoms with Gasteiger partial charge in [0, 0.05) is 41.1 Å². The normalized spacial score (nSPS) is 21.3. The van der Waals surface area contributed by atoms with Crippen molar-refractivity contribution in [3.63, 3.8) is 0 Å². The minimum absolute atomic E-state index is 0.139. The quantitative estimate of drug-likeness (QED) is 0.563. The van der Waals surface area contributed by atoms with Gasteiger partial charge in [-0.1, -0.05) is 12.1 Å². The molecule has 3 aliphatic rings. The number of rotatable bonds is 5. The molecule has 2 fully saturated rings. The molecule has 1 saturated heterocycles. The number of amides is 1. The van der Waals surface area contributed by atoms with E-state index in [9.17, 15) is 18.0 Å². The van der Waals surface area contributed by atoms with Gasteiger partial charge in [0.2, 0.25) is 0 Å². The van der Waals surface area contributed by atoms with Gasteiger partial charge in [0.05, 0.1) is 12.7 Å². The number of aliphatic imine (C=N–C) groups is 1. The SMILES string of the molecule is O=C(Nc1cccc(-c2nncn2C2CC2)c1)c1cc(N2CNC3C2=CC=NC3C(F)(F)F)ccn1. The first-order chi connectivity index (χ1) is 17.4. The Labute approximate surface area is 203 Å². The Balaban J connectivity index is 1.21. The van der Waals surface area contributed by atoms with Gasteiger partial charge in [-0.2, -0.15) is 13.2 Å². The molecule has 0 bridgehead atoms. The summed E-state index contributed by atoms with van der Waals surface area (Å²) in [5.74, 6) is 0.306. The first kappa shape index (κ1) is 22.4. The lowest BCUT2D eigenvalue weighted by molar-refractivity contribution is -0.150. The predicted molar refractivity (Wildman–Crippen MR) is 127 cm³/mol. The molecule has 36 heavy (non-hydrogen) atoms. The fourth-order valence-corrected chi connectivity index (χ4v) is 4.54. The van der Waals surface area contributed by atoms with Gasteiger partial charge in [0.15, 0.2) is 11.9 Å². The van der Waals surface area contributed by atoms with E-state index in [4.69, 9.17) is 0 Å². The van der Waals surface area contributed by atoms with Crippen molar-refractivity contribution < 1.29 is 18.0 Å². The van der Waals surface area contributed by atoms with E-state index < -0.39 is 24.2 Å². The number of alkyl halides is 3. The van der Waals surface area contributed by atoms with Gasteiger partial charge in [-0.3, -0.25) is 20.1 Å². The fraction of sp³-hybridized carbons (Fsp3) is 0.292. The predicted octanol–water partition coefficient (Wildman–Crippen LogP) is 3.56. The van der Waals surface area contributed by atoms with E-state index >= 15 is 0 Å². The highest BCUT2D eigenvalue weighted by Gasteiger charge is 2.49. The number of halogens is 3. The molecule has 184 valence electrons. The van der Waals surface area contributed by atoms with Gasteiger partial charge in [-0.25, -0.2) is 0 Å². The van der Waals surface area contributed by atoms with Gasteiger partial charge in [0.1, 0.15) is 12.0 Å². The number of hydrogen-bond donors (Lipinski definition) is 2. The van der Waals surface area contributed by atoms with Gasteiger partial charge in [-0.15, -0.1) is 10.2 Å². The largest absolute Gasteiger partial charge is 0.412 e. The van der Waals surface area contributed by atoms with Crippen LogP contribution in [0.2, 0.25) is 0 Å². The Bertz CT molecular complexity index is 1380. The summed E-state index contributed by atoms with van der Waals surface area (Å²) in [6.07, 6.45) is 3.64. The summed E-state index contributed by atoms with van der Waals surface area (Å²) in [5.41, 5.74) is 2.53. The molecule has 9 nitrogen and oxygen atoms in total. The Morgan fingerprint density at radius 1 is 1.17 bits per heavy atom. The van der Waals surface area contributed by atoms with Crippen LogP contribution in [0.4, 0.5) is 24.5 Å². The molecule has 12 heteroatoms. The minimum Gasteiger partial charge on any atom is -0.330 e. The third kappa shape index (κ3) is 4.13. The van der Waals surface area contributed by atoms with Crippen molar-refractivity contribution in [2.75, 3.05) is 16.9 Å². The van der Waals surface area contributed by atoms with Crippen LogP contribution < -0.4 is 15.5 Å². The molecule has 0 spiro atoms. The van der Waals surface area contributed by atoms with Crippen molar-refractivity contribution in [2.24, 2.45) is 4.99 Å². The molecule has 2 aromatic heterocycles. The van der Waals surface area contributed by atoms with Crippen LogP contribution in [0, 0.1) is 0 Å². The summed E-state index contributed by atoms with van der Waals surface area (Å²) in [6.45, 7) is 0.154. The smallest absolute Gasteiger partial charge is 0.330 e. The fourth-order valence-electron chi connectivity index (χ4n) is 4.54. The van der Waals surface area contributed by atoms with Crippen LogP contribution in [0.5, 0.6) is 0 Å². The van der Waals surface area contributed by atoms with Gasteiger partial charge in [-0.05, 0) is 43.2 Å². The van der Waals surface area contributed by atoms with E-state index in [-0.39, 0.29) is 12.4 Å². The number of carbonyl (C=O) groups is 1. The summed E-state index contributed by atoms with van der Waals surface area (Å²) in [6, 6.07) is 8.10. The van der Waals surface area contributed by atoms with Crippen molar-refractivity contribution >= 4 is 23.5 Å². The second kappa shape index (κ2) is 8.55. The standard InChI is InChI=1S/C24H21F3N8O/c25-24(26,27)21-20-19(7-9-29-21)34(12-30-20)17-6-8-28-18(11-17)23(36)32-15-3-1-2-14(10-15)22-33-31-13-35(22)16-4-5-16/h1-3,6-11,13,16,20-21,30H,4-5,12H2,(H,32,36). The maximum Gasteiger partial charge on any atom is 0.412 e. The zero-order valence-electron chi connectivity index (χ0n) is 18.9. The van der Waals surface area contributed by atoms with Gasteiger partial charge >= 0.3 is 6.18 Å². The molecule has 2 N–H and O–H groups in total. The number of nitrogens with one attached hydrogen (secondary N) is 2. The molecule has 2 unspecified atom stereocenters. The zero-order valence-corrected chi connectivity index (χ0v) is 18.9. The highest BCUT2D eigenvalue weighted by molar-refractivity contribution is 6.03. The lowest BCUT2D eigenvalue weighted by Gasteiger charge is -2.28. The molecule has 0 radical (unpaired) electrons. The van der Waals surface area contributed by atoms with Crippen molar-refractivity contribution in [2.45, 2.75) is 37.1 Å². The van der Waals surface area contributed by atoms with Crippen LogP contribution in [-0.4, -0.2) is 56.8 Å². The monoisotopic (exact) mass is 494 g/mol. The van der Waals surface area contributed by atoms with E-state index in [1.807, 2.05) is 22.8 Å². The second-order valence-corrected chi connectivity index (χ2v) is 8.87. The van der Waals surface area contributed by atoms with Crippen LogP contribution in [0.3, 0.4) is 0 Å². The number of aromatic nitrogens is 4. The van der Waals surface area contributed by atoms with Crippen molar-refractivity contribution in [3.05, 3.63) is 66.4 Å². The Morgan fingerprint density at radius 2 is 2.03 bits per heavy atom. The van der Waals surface area contributed by atoms with Crippen LogP contribution in [0.1, 0.15) is 29.4 Å². The maximum absolute atomic E-state index is 13.4. The van der Waals surface area contributed by atoms with Crippen molar-refractivity contribution in [1.82, 2.24) is 25.1 Å². The number of benzene rings is 1. The van der Waals surface area contributed by atoms with Gasteiger partial charge < -0.3 is 14.8 Å². The molecule has 2 aliphatic heterocycles. The van der Waals surface area contributed by atoms with E-state index in [0.29, 0.717) is 23.1 Å². The number of allylic oxidation sites excluding steroid dienone is 1. The Morgan fingerprint density at radius 3 is 2.83 bits per heavy atom. The van der Waals surface area contributed by atoms with Gasteiger partial charge in [0.25, 0.3) is 5.91 Å². The molecule has 2 atom stereocenters. The molecule has 6 rings (SSSR count). The molecule has 4 heterocycles. The topological polar surface area (TPSA) is 100 Å². The molecule has 1 saturated carbocycles. The summed E-state index contributed by atoms with van der Waals surface area (Å²) in [7, 11) is 0. The van der Waals surface area contributed by atoms with E-state index in [0.717, 1.165) is 24.2 Å². The summed E-state index contributed by atoms with van der Waals surface area (Å²) in [4.78, 5) is 22.5. The molecule has 1 aromatic carbocycles. The third-order valence-corrected chi connectivity index (χ3v) is 6.42. The lowest BCUT2D eigenvalue weighted by Crippen LogP contribution is -2.45. The Hall–Kier alpha value is -4.06. The number of hydrogen-bond acceptors (Lipinski definition) is 7. The van der Waals surface area contributed by atoms with Crippen LogP contribution in [-0.2, 0) is 0 Å². The average Bonchev–Trinajstić information content (AvgIpc) is 3.43. The third-order valence-electron chi connectivity index (χ3n) is 6.42. The van der Waals surface area contributed by atoms with E-state index in [1.165, 1.54) is 12.4 Å². The maximum atomic E-state index is 13.4. The van der Waals surface area contributed by atoms with Crippen LogP contribution in [0.25, 0.3) is 11.4 Å². The molecular formula is C24H21F3N8O. The van der Waals surface area contributed by atoms with Crippen molar-refractivity contribution in [1.29, 1.82) is 0 Å². The summed E-state index contributed by atoms with van der Waals surface area (Å²) >= 11 is 0. The minimum atomic E-state index is -4.46. The number of pyridine rings is 1. The molecule has 1 aliphatic carbocycles. The number of dihydropyridines is 1. The van der Waals surface area contributed by atoms with Crippen LogP contribution in [0.15, 0.2) is 65.7 Å². The highest BCUT2D eigenvalue weighted by Crippen LogP contribution is 2.38. The molecule has 1 amide bonds. The second-order valence-electron chi connectivity index (χ2n) is 8.87. The lowest BCUT2D eigenvalue weighted by atomic mass is 10.0. The summed E-state index contributed by atoms with van der Waals surface area (Å²) < 4.78 is 42.2. The average molecular weight is 494 g/mol. The zero-order chi connectivity index (χ0) is 24.9. The van der Waals surface area contributed by atoms with Crippen molar-refractivity contribution in [3.8, 4) is 11.4 Å². The van der Waals surface area contributed by atoms with Crippen LogP contribution >= 0.6 is 0 Å². The molecule has 3 aromatic rings. The summed E-state index contributed by atoms with van der Waals surface area (Å²) in [5, 5.41) is 14.0. The first-order valence-corrected chi connectivity index (χ1v) is 11.5. The van der Waals surface area contributed by atoms with E-state index in [2.05, 4.69) is 30.8 Å². The molecular weight excluding hydrogens is 473 g/mol. The first-order valence-electron chi connectivity index (χ1n) is 11.5. The Kier molecular flexibility index (Phi) is 5.32. The number of fused-ring (bicyclic) bond motifs is 1. The highest BCUT2D eigenvalue weighted by atomic mass is 19.4. The number of nitrogens with zero attached hydrogens (tertiary/aromatic N) is 6. The number of carbonyl (C=O) groups excluding carboxylic acids is 1.